The molecule has 0 saturated carbocycles. The molecular formula is C16H30N2O2S. The van der Waals surface area contributed by atoms with Gasteiger partial charge in [0.15, 0.2) is 0 Å². The Morgan fingerprint density at radius 2 is 2.05 bits per heavy atom. The molecule has 0 amide bonds. The molecule has 3 fully saturated rings. The molecule has 1 spiro atoms. The summed E-state index contributed by atoms with van der Waals surface area (Å²) in [5, 5.41) is 0. The molecule has 0 aliphatic carbocycles. The molecule has 2 unspecified atom stereocenters. The van der Waals surface area contributed by atoms with Crippen LogP contribution in [-0.4, -0.2) is 66.0 Å². The summed E-state index contributed by atoms with van der Waals surface area (Å²) in [5.74, 6) is 2.51. The van der Waals surface area contributed by atoms with Crippen molar-refractivity contribution < 1.29 is 9.47 Å². The van der Waals surface area contributed by atoms with Crippen LogP contribution in [-0.2, 0) is 9.47 Å². The van der Waals surface area contributed by atoms with Gasteiger partial charge in [-0.2, -0.15) is 11.8 Å². The quantitative estimate of drug-likeness (QED) is 0.843. The van der Waals surface area contributed by atoms with Crippen molar-refractivity contribution in [2.45, 2.75) is 62.9 Å². The standard InChI is InChI=1S/C16H30N2O2S/c1-15(2)12-18(11-14(10-17)20-15)13-3-6-19-16(9-13)4-7-21-8-5-16/h13-14H,3-12,17H2,1-2H3. The summed E-state index contributed by atoms with van der Waals surface area (Å²) in [6, 6.07) is 0.638. The van der Waals surface area contributed by atoms with Gasteiger partial charge in [-0.3, -0.25) is 4.90 Å². The summed E-state index contributed by atoms with van der Waals surface area (Å²) in [6.07, 6.45) is 4.97. The summed E-state index contributed by atoms with van der Waals surface area (Å²) < 4.78 is 12.3. The van der Waals surface area contributed by atoms with Gasteiger partial charge in [0.25, 0.3) is 0 Å². The van der Waals surface area contributed by atoms with Crippen LogP contribution in [0.5, 0.6) is 0 Å². The molecule has 3 heterocycles. The van der Waals surface area contributed by atoms with E-state index in [2.05, 4.69) is 30.5 Å². The van der Waals surface area contributed by atoms with E-state index in [1.807, 2.05) is 0 Å². The van der Waals surface area contributed by atoms with E-state index in [-0.39, 0.29) is 17.3 Å². The molecule has 0 aromatic carbocycles. The van der Waals surface area contributed by atoms with Crippen LogP contribution in [0.1, 0.15) is 39.5 Å². The number of hydrogen-bond donors (Lipinski definition) is 1. The van der Waals surface area contributed by atoms with E-state index in [9.17, 15) is 0 Å². The van der Waals surface area contributed by atoms with Gasteiger partial charge in [0.2, 0.25) is 0 Å². The lowest BCUT2D eigenvalue weighted by atomic mass is 9.84. The molecule has 3 saturated heterocycles. The Morgan fingerprint density at radius 3 is 2.76 bits per heavy atom. The number of thioether (sulfide) groups is 1. The van der Waals surface area contributed by atoms with E-state index in [0.29, 0.717) is 12.6 Å². The third kappa shape index (κ3) is 3.75. The molecule has 21 heavy (non-hydrogen) atoms. The van der Waals surface area contributed by atoms with E-state index >= 15 is 0 Å². The Balaban J connectivity index is 1.67. The van der Waals surface area contributed by atoms with Crippen LogP contribution in [0, 0.1) is 0 Å². The number of nitrogens with two attached hydrogens (primary N) is 1. The van der Waals surface area contributed by atoms with Gasteiger partial charge in [-0.1, -0.05) is 0 Å². The number of hydrogen-bond acceptors (Lipinski definition) is 5. The molecule has 3 rings (SSSR count). The Kier molecular flexibility index (Phi) is 4.86. The zero-order valence-corrected chi connectivity index (χ0v) is 14.3. The van der Waals surface area contributed by atoms with Crippen molar-refractivity contribution in [1.82, 2.24) is 4.90 Å². The topological polar surface area (TPSA) is 47.7 Å². The van der Waals surface area contributed by atoms with Crippen molar-refractivity contribution in [3.05, 3.63) is 0 Å². The average Bonchev–Trinajstić information content (AvgIpc) is 2.46. The molecule has 4 nitrogen and oxygen atoms in total. The third-order valence-electron chi connectivity index (χ3n) is 5.16. The molecular weight excluding hydrogens is 284 g/mol. The SMILES string of the molecule is CC1(C)CN(C2CCOC3(CCSCC3)C2)CC(CN)O1. The second-order valence-corrected chi connectivity index (χ2v) is 8.68. The molecule has 3 aliphatic heterocycles. The van der Waals surface area contributed by atoms with Crippen LogP contribution in [0.15, 0.2) is 0 Å². The van der Waals surface area contributed by atoms with Crippen LogP contribution < -0.4 is 5.73 Å². The summed E-state index contributed by atoms with van der Waals surface area (Å²) in [7, 11) is 0. The fraction of sp³-hybridized carbons (Fsp3) is 1.00. The van der Waals surface area contributed by atoms with Crippen LogP contribution in [0.2, 0.25) is 0 Å². The summed E-state index contributed by atoms with van der Waals surface area (Å²) in [5.41, 5.74) is 5.95. The first-order valence-corrected chi connectivity index (χ1v) is 9.51. The normalized spacial score (nSPS) is 36.7. The molecule has 0 aromatic rings. The van der Waals surface area contributed by atoms with Crippen molar-refractivity contribution >= 4 is 11.8 Å². The zero-order valence-electron chi connectivity index (χ0n) is 13.5. The summed E-state index contributed by atoms with van der Waals surface area (Å²) in [4.78, 5) is 2.63. The lowest BCUT2D eigenvalue weighted by Gasteiger charge is -2.50. The fourth-order valence-electron chi connectivity index (χ4n) is 4.15. The average molecular weight is 314 g/mol. The second-order valence-electron chi connectivity index (χ2n) is 7.46. The maximum Gasteiger partial charge on any atom is 0.0831 e. The van der Waals surface area contributed by atoms with E-state index in [4.69, 9.17) is 15.2 Å². The number of nitrogens with zero attached hydrogens (tertiary/aromatic N) is 1. The summed E-state index contributed by atoms with van der Waals surface area (Å²) >= 11 is 2.07. The van der Waals surface area contributed by atoms with Crippen molar-refractivity contribution in [2.24, 2.45) is 5.73 Å². The number of morpholine rings is 1. The first kappa shape index (κ1) is 16.1. The molecule has 2 N–H and O–H groups in total. The molecule has 0 radical (unpaired) electrons. The maximum atomic E-state index is 6.24. The first-order chi connectivity index (χ1) is 10.0. The van der Waals surface area contributed by atoms with Gasteiger partial charge in [0.05, 0.1) is 17.3 Å². The van der Waals surface area contributed by atoms with Crippen LogP contribution in [0.4, 0.5) is 0 Å². The maximum absolute atomic E-state index is 6.24. The minimum atomic E-state index is -0.0871. The lowest BCUT2D eigenvalue weighted by molar-refractivity contribution is -0.166. The fourth-order valence-corrected chi connectivity index (χ4v) is 5.38. The largest absolute Gasteiger partial charge is 0.375 e. The minimum absolute atomic E-state index is 0.0871. The van der Waals surface area contributed by atoms with Gasteiger partial charge < -0.3 is 15.2 Å². The van der Waals surface area contributed by atoms with Gasteiger partial charge in [-0.25, -0.2) is 0 Å². The van der Waals surface area contributed by atoms with Crippen LogP contribution in [0.25, 0.3) is 0 Å². The van der Waals surface area contributed by atoms with Crippen molar-refractivity contribution in [3.63, 3.8) is 0 Å². The van der Waals surface area contributed by atoms with Crippen molar-refractivity contribution in [1.29, 1.82) is 0 Å². The Bertz CT molecular complexity index is 353. The smallest absolute Gasteiger partial charge is 0.0831 e. The monoisotopic (exact) mass is 314 g/mol. The van der Waals surface area contributed by atoms with Gasteiger partial charge in [0.1, 0.15) is 0 Å². The number of ether oxygens (including phenoxy) is 2. The van der Waals surface area contributed by atoms with E-state index in [1.165, 1.54) is 30.8 Å². The Hall–Kier alpha value is 0.190. The van der Waals surface area contributed by atoms with Crippen molar-refractivity contribution in [2.75, 3.05) is 37.7 Å². The van der Waals surface area contributed by atoms with Gasteiger partial charge in [-0.05, 0) is 51.0 Å². The first-order valence-electron chi connectivity index (χ1n) is 8.36. The van der Waals surface area contributed by atoms with Gasteiger partial charge in [0, 0.05) is 32.3 Å². The van der Waals surface area contributed by atoms with E-state index < -0.39 is 0 Å². The van der Waals surface area contributed by atoms with E-state index in [0.717, 1.165) is 26.1 Å². The highest BCUT2D eigenvalue weighted by Crippen LogP contribution is 2.39. The third-order valence-corrected chi connectivity index (χ3v) is 6.14. The van der Waals surface area contributed by atoms with Crippen LogP contribution >= 0.6 is 11.8 Å². The predicted octanol–water partition coefficient (Wildman–Crippen LogP) is 1.87. The van der Waals surface area contributed by atoms with Crippen molar-refractivity contribution in [3.8, 4) is 0 Å². The summed E-state index contributed by atoms with van der Waals surface area (Å²) in [6.45, 7) is 7.90. The molecule has 3 aliphatic rings. The molecule has 0 bridgehead atoms. The minimum Gasteiger partial charge on any atom is -0.375 e. The lowest BCUT2D eigenvalue weighted by Crippen LogP contribution is -2.60. The molecule has 122 valence electrons. The Morgan fingerprint density at radius 1 is 1.29 bits per heavy atom. The van der Waals surface area contributed by atoms with Crippen LogP contribution in [0.3, 0.4) is 0 Å². The second kappa shape index (κ2) is 6.36. The van der Waals surface area contributed by atoms with E-state index in [1.54, 1.807) is 0 Å². The highest BCUT2D eigenvalue weighted by molar-refractivity contribution is 7.99. The molecule has 2 atom stereocenters. The molecule has 5 heteroatoms. The Labute approximate surface area is 133 Å². The highest BCUT2D eigenvalue weighted by atomic mass is 32.2. The molecule has 0 aromatic heterocycles. The predicted molar refractivity (Wildman–Crippen MR) is 87.8 cm³/mol. The number of rotatable bonds is 2. The highest BCUT2D eigenvalue weighted by Gasteiger charge is 2.43. The van der Waals surface area contributed by atoms with Gasteiger partial charge in [-0.15, -0.1) is 0 Å². The van der Waals surface area contributed by atoms with Gasteiger partial charge >= 0.3 is 0 Å². The zero-order chi connectivity index (χ0) is 14.9.